The first-order chi connectivity index (χ1) is 7.24. The summed E-state index contributed by atoms with van der Waals surface area (Å²) in [6.45, 7) is 3.66. The monoisotopic (exact) mass is 205 g/mol. The molecule has 0 atom stereocenters. The van der Waals surface area contributed by atoms with E-state index in [1.807, 2.05) is 13.0 Å². The van der Waals surface area contributed by atoms with E-state index in [1.165, 1.54) is 11.6 Å². The van der Waals surface area contributed by atoms with E-state index in [-0.39, 0.29) is 5.82 Å². The highest BCUT2D eigenvalue weighted by Gasteiger charge is 1.99. The fraction of sp³-hybridized carbons (Fsp3) is 0.385. The van der Waals surface area contributed by atoms with Crippen molar-refractivity contribution in [3.05, 3.63) is 35.1 Å². The first-order valence-corrected chi connectivity index (χ1v) is 5.13. The van der Waals surface area contributed by atoms with Crippen LogP contribution in [0.25, 0.3) is 0 Å². The average molecular weight is 205 g/mol. The molecule has 0 fully saturated rings. The Bertz CT molecular complexity index is 352. The molecule has 80 valence electrons. The molecule has 0 saturated carbocycles. The molecule has 1 rings (SSSR count). The number of hydrogen-bond acceptors (Lipinski definition) is 1. The number of rotatable bonds is 5. The van der Waals surface area contributed by atoms with Crippen LogP contribution in [0.4, 0.5) is 4.39 Å². The molecule has 1 N–H and O–H groups in total. The zero-order valence-electron chi connectivity index (χ0n) is 9.02. The van der Waals surface area contributed by atoms with Gasteiger partial charge in [-0.3, -0.25) is 0 Å². The highest BCUT2D eigenvalue weighted by molar-refractivity contribution is 5.26. The molecule has 0 bridgehead atoms. The number of aryl methyl sites for hydroxylation is 1. The van der Waals surface area contributed by atoms with E-state index >= 15 is 0 Å². The van der Waals surface area contributed by atoms with Crippen LogP contribution in [-0.2, 0) is 6.42 Å². The van der Waals surface area contributed by atoms with Gasteiger partial charge in [-0.1, -0.05) is 6.07 Å². The standard InChI is InChI=1S/C13H16FN/c1-3-4-8-15-9-7-12-5-6-13(14)10-11(12)2/h1,5-6,10,15H,4,7-9H2,2H3. The minimum absolute atomic E-state index is 0.170. The minimum atomic E-state index is -0.170. The summed E-state index contributed by atoms with van der Waals surface area (Å²) in [5, 5.41) is 3.24. The molecule has 0 aliphatic carbocycles. The van der Waals surface area contributed by atoms with Gasteiger partial charge < -0.3 is 5.32 Å². The Kier molecular flexibility index (Phi) is 4.86. The van der Waals surface area contributed by atoms with Crippen molar-refractivity contribution in [3.63, 3.8) is 0 Å². The smallest absolute Gasteiger partial charge is 0.123 e. The summed E-state index contributed by atoms with van der Waals surface area (Å²) >= 11 is 0. The first kappa shape index (κ1) is 11.7. The Hall–Kier alpha value is -1.33. The second-order valence-electron chi connectivity index (χ2n) is 3.52. The fourth-order valence-corrected chi connectivity index (χ4v) is 1.45. The Morgan fingerprint density at radius 1 is 1.40 bits per heavy atom. The van der Waals surface area contributed by atoms with Crippen LogP contribution in [0.15, 0.2) is 18.2 Å². The third-order valence-corrected chi connectivity index (χ3v) is 2.32. The third-order valence-electron chi connectivity index (χ3n) is 2.32. The molecule has 0 radical (unpaired) electrons. The van der Waals surface area contributed by atoms with Gasteiger partial charge in [-0.25, -0.2) is 4.39 Å². The Morgan fingerprint density at radius 3 is 2.87 bits per heavy atom. The van der Waals surface area contributed by atoms with Crippen molar-refractivity contribution in [3.8, 4) is 12.3 Å². The molecule has 0 amide bonds. The van der Waals surface area contributed by atoms with E-state index < -0.39 is 0 Å². The van der Waals surface area contributed by atoms with Crippen molar-refractivity contribution in [2.24, 2.45) is 0 Å². The van der Waals surface area contributed by atoms with Gasteiger partial charge in [0.1, 0.15) is 5.82 Å². The van der Waals surface area contributed by atoms with Crippen LogP contribution >= 0.6 is 0 Å². The largest absolute Gasteiger partial charge is 0.315 e. The molecule has 0 aromatic heterocycles. The maximum atomic E-state index is 12.8. The summed E-state index contributed by atoms with van der Waals surface area (Å²) in [4.78, 5) is 0. The molecule has 0 heterocycles. The third kappa shape index (κ3) is 4.14. The van der Waals surface area contributed by atoms with E-state index in [2.05, 4.69) is 11.2 Å². The summed E-state index contributed by atoms with van der Waals surface area (Å²) < 4.78 is 12.8. The topological polar surface area (TPSA) is 12.0 Å². The molecule has 15 heavy (non-hydrogen) atoms. The van der Waals surface area contributed by atoms with E-state index in [0.717, 1.165) is 31.5 Å². The van der Waals surface area contributed by atoms with Crippen molar-refractivity contribution in [2.45, 2.75) is 19.8 Å². The second-order valence-corrected chi connectivity index (χ2v) is 3.52. The van der Waals surface area contributed by atoms with E-state index in [9.17, 15) is 4.39 Å². The molecule has 0 unspecified atom stereocenters. The second kappa shape index (κ2) is 6.21. The van der Waals surface area contributed by atoms with Crippen molar-refractivity contribution in [1.82, 2.24) is 5.32 Å². The fourth-order valence-electron chi connectivity index (χ4n) is 1.45. The van der Waals surface area contributed by atoms with E-state index in [0.29, 0.717) is 0 Å². The van der Waals surface area contributed by atoms with Gasteiger partial charge in [0.05, 0.1) is 0 Å². The lowest BCUT2D eigenvalue weighted by Gasteiger charge is -2.06. The molecule has 0 spiro atoms. The van der Waals surface area contributed by atoms with Crippen molar-refractivity contribution >= 4 is 0 Å². The summed E-state index contributed by atoms with van der Waals surface area (Å²) in [5.74, 6) is 2.40. The van der Waals surface area contributed by atoms with Crippen LogP contribution < -0.4 is 5.32 Å². The summed E-state index contributed by atoms with van der Waals surface area (Å²) in [6, 6.07) is 4.91. The Morgan fingerprint density at radius 2 is 2.20 bits per heavy atom. The van der Waals surface area contributed by atoms with Crippen LogP contribution in [0.1, 0.15) is 17.5 Å². The zero-order chi connectivity index (χ0) is 11.1. The quantitative estimate of drug-likeness (QED) is 0.574. The van der Waals surface area contributed by atoms with Crippen molar-refractivity contribution in [1.29, 1.82) is 0 Å². The van der Waals surface area contributed by atoms with Gasteiger partial charge in [-0.05, 0) is 43.1 Å². The number of hydrogen-bond donors (Lipinski definition) is 1. The van der Waals surface area contributed by atoms with Crippen LogP contribution in [0, 0.1) is 25.1 Å². The molecule has 1 aromatic carbocycles. The number of nitrogens with one attached hydrogen (secondary N) is 1. The maximum Gasteiger partial charge on any atom is 0.123 e. The van der Waals surface area contributed by atoms with Crippen LogP contribution in [0.2, 0.25) is 0 Å². The number of terminal acetylenes is 1. The van der Waals surface area contributed by atoms with Crippen LogP contribution in [-0.4, -0.2) is 13.1 Å². The first-order valence-electron chi connectivity index (χ1n) is 5.13. The Labute approximate surface area is 90.7 Å². The molecular formula is C13H16FN. The number of benzene rings is 1. The molecule has 2 heteroatoms. The van der Waals surface area contributed by atoms with Crippen LogP contribution in [0.5, 0.6) is 0 Å². The van der Waals surface area contributed by atoms with Crippen molar-refractivity contribution < 1.29 is 4.39 Å². The van der Waals surface area contributed by atoms with Crippen molar-refractivity contribution in [2.75, 3.05) is 13.1 Å². The SMILES string of the molecule is C#CCCNCCc1ccc(F)cc1C. The predicted molar refractivity (Wildman–Crippen MR) is 61.2 cm³/mol. The molecular weight excluding hydrogens is 189 g/mol. The Balaban J connectivity index is 2.35. The normalized spacial score (nSPS) is 9.93. The lowest BCUT2D eigenvalue weighted by Crippen LogP contribution is -2.18. The highest BCUT2D eigenvalue weighted by atomic mass is 19.1. The van der Waals surface area contributed by atoms with Crippen LogP contribution in [0.3, 0.4) is 0 Å². The maximum absolute atomic E-state index is 12.8. The van der Waals surface area contributed by atoms with Gasteiger partial charge in [0.2, 0.25) is 0 Å². The number of halogens is 1. The average Bonchev–Trinajstić information content (AvgIpc) is 2.20. The van der Waals surface area contributed by atoms with Gasteiger partial charge in [-0.2, -0.15) is 0 Å². The van der Waals surface area contributed by atoms with Gasteiger partial charge in [0, 0.05) is 13.0 Å². The van der Waals surface area contributed by atoms with E-state index in [4.69, 9.17) is 6.42 Å². The summed E-state index contributed by atoms with van der Waals surface area (Å²) in [5.41, 5.74) is 2.19. The lowest BCUT2D eigenvalue weighted by molar-refractivity contribution is 0.624. The molecule has 1 nitrogen and oxygen atoms in total. The molecule has 0 aliphatic rings. The van der Waals surface area contributed by atoms with Gasteiger partial charge in [-0.15, -0.1) is 12.3 Å². The predicted octanol–water partition coefficient (Wildman–Crippen LogP) is 2.29. The minimum Gasteiger partial charge on any atom is -0.315 e. The highest BCUT2D eigenvalue weighted by Crippen LogP contribution is 2.10. The summed E-state index contributed by atoms with van der Waals surface area (Å²) in [7, 11) is 0. The zero-order valence-corrected chi connectivity index (χ0v) is 9.02. The van der Waals surface area contributed by atoms with Gasteiger partial charge >= 0.3 is 0 Å². The lowest BCUT2D eigenvalue weighted by atomic mass is 10.1. The molecule has 0 aliphatic heterocycles. The molecule has 0 saturated heterocycles. The molecule has 1 aromatic rings. The van der Waals surface area contributed by atoms with Gasteiger partial charge in [0.15, 0.2) is 0 Å². The summed E-state index contributed by atoms with van der Waals surface area (Å²) in [6.07, 6.45) is 6.80. The van der Waals surface area contributed by atoms with Gasteiger partial charge in [0.25, 0.3) is 0 Å². The van der Waals surface area contributed by atoms with E-state index in [1.54, 1.807) is 6.07 Å².